The van der Waals surface area contributed by atoms with Gasteiger partial charge < -0.3 is 9.26 Å². The number of carbonyl (C=O) groups excluding carboxylic acids is 1. The Morgan fingerprint density at radius 2 is 2.58 bits per heavy atom. The van der Waals surface area contributed by atoms with Gasteiger partial charge in [-0.1, -0.05) is 21.1 Å². The number of rotatable bonds is 5. The first kappa shape index (κ1) is 9.25. The van der Waals surface area contributed by atoms with Crippen molar-refractivity contribution in [3.63, 3.8) is 0 Å². The van der Waals surface area contributed by atoms with E-state index in [2.05, 4.69) is 25.8 Å². The van der Waals surface area contributed by atoms with Gasteiger partial charge in [0, 0.05) is 12.5 Å². The Kier molecular flexibility index (Phi) is 3.79. The van der Waals surface area contributed by atoms with Gasteiger partial charge in [-0.3, -0.25) is 4.79 Å². The maximum Gasteiger partial charge on any atom is 0.293 e. The Balaban J connectivity index is 2.36. The van der Waals surface area contributed by atoms with E-state index < -0.39 is 0 Å². The fraction of sp³-hybridized carbons (Fsp3) is 0.429. The predicted octanol–water partition coefficient (Wildman–Crippen LogP) is 1.29. The number of aromatic nitrogens is 1. The van der Waals surface area contributed by atoms with Crippen LogP contribution in [0.2, 0.25) is 0 Å². The van der Waals surface area contributed by atoms with Crippen molar-refractivity contribution in [1.82, 2.24) is 5.16 Å². The molecule has 0 bridgehead atoms. The van der Waals surface area contributed by atoms with Gasteiger partial charge in [-0.2, -0.15) is 0 Å². The van der Waals surface area contributed by atoms with Crippen LogP contribution in [0.4, 0.5) is 0 Å². The first-order chi connectivity index (χ1) is 5.86. The van der Waals surface area contributed by atoms with Gasteiger partial charge in [-0.15, -0.1) is 0 Å². The van der Waals surface area contributed by atoms with Crippen LogP contribution < -0.4 is 0 Å². The average Bonchev–Trinajstić information content (AvgIpc) is 2.53. The molecule has 5 heteroatoms. The van der Waals surface area contributed by atoms with E-state index in [0.29, 0.717) is 24.8 Å². The van der Waals surface area contributed by atoms with E-state index in [0.717, 1.165) is 11.5 Å². The van der Waals surface area contributed by atoms with Crippen molar-refractivity contribution in [1.29, 1.82) is 0 Å². The summed E-state index contributed by atoms with van der Waals surface area (Å²) < 4.78 is 9.41. The topological polar surface area (TPSA) is 52.3 Å². The van der Waals surface area contributed by atoms with E-state index in [1.54, 1.807) is 0 Å². The molecule has 1 rings (SSSR count). The predicted molar refractivity (Wildman–Crippen MR) is 44.9 cm³/mol. The molecular weight excluding hydrogens is 226 g/mol. The van der Waals surface area contributed by atoms with Gasteiger partial charge in [0.05, 0.1) is 17.6 Å². The smallest absolute Gasteiger partial charge is 0.293 e. The summed E-state index contributed by atoms with van der Waals surface area (Å²) in [6, 6.07) is 1.82. The number of hydrogen-bond donors (Lipinski definition) is 0. The SMILES string of the molecule is O=COCCc1cc(CBr)on1. The van der Waals surface area contributed by atoms with E-state index in [-0.39, 0.29) is 0 Å². The van der Waals surface area contributed by atoms with Crippen LogP contribution in [0.3, 0.4) is 0 Å². The molecule has 0 saturated heterocycles. The first-order valence-electron chi connectivity index (χ1n) is 3.42. The van der Waals surface area contributed by atoms with Crippen LogP contribution in [0.1, 0.15) is 11.5 Å². The summed E-state index contributed by atoms with van der Waals surface area (Å²) in [6.07, 6.45) is 0.593. The Bertz CT molecular complexity index is 249. The van der Waals surface area contributed by atoms with Crippen LogP contribution in [0, 0.1) is 0 Å². The van der Waals surface area contributed by atoms with E-state index in [4.69, 9.17) is 4.52 Å². The molecule has 0 unspecified atom stereocenters. The highest BCUT2D eigenvalue weighted by Crippen LogP contribution is 2.07. The van der Waals surface area contributed by atoms with Gasteiger partial charge in [0.1, 0.15) is 5.76 Å². The molecule has 0 radical (unpaired) electrons. The van der Waals surface area contributed by atoms with Crippen molar-refractivity contribution in [3.05, 3.63) is 17.5 Å². The van der Waals surface area contributed by atoms with Crippen molar-refractivity contribution in [2.75, 3.05) is 6.61 Å². The second-order valence-electron chi connectivity index (χ2n) is 2.14. The van der Waals surface area contributed by atoms with Crippen LogP contribution in [-0.4, -0.2) is 18.2 Å². The zero-order valence-corrected chi connectivity index (χ0v) is 7.91. The number of halogens is 1. The third kappa shape index (κ3) is 2.65. The minimum absolute atomic E-state index is 0.345. The van der Waals surface area contributed by atoms with Crippen LogP contribution in [0.15, 0.2) is 10.6 Å². The van der Waals surface area contributed by atoms with Gasteiger partial charge in [0.2, 0.25) is 0 Å². The lowest BCUT2D eigenvalue weighted by molar-refractivity contribution is -0.128. The lowest BCUT2D eigenvalue weighted by atomic mass is 10.3. The van der Waals surface area contributed by atoms with E-state index >= 15 is 0 Å². The lowest BCUT2D eigenvalue weighted by Gasteiger charge is -1.91. The molecule has 0 spiro atoms. The van der Waals surface area contributed by atoms with Gasteiger partial charge in [-0.05, 0) is 0 Å². The number of carbonyl (C=O) groups is 1. The largest absolute Gasteiger partial charge is 0.467 e. The molecule has 0 N–H and O–H groups in total. The third-order valence-corrected chi connectivity index (χ3v) is 1.84. The molecule has 0 aromatic carbocycles. The van der Waals surface area contributed by atoms with Gasteiger partial charge in [0.25, 0.3) is 6.47 Å². The summed E-state index contributed by atoms with van der Waals surface area (Å²) in [5.41, 5.74) is 0.798. The summed E-state index contributed by atoms with van der Waals surface area (Å²) >= 11 is 3.23. The molecular formula is C7H8BrNO3. The second kappa shape index (κ2) is 4.92. The van der Waals surface area contributed by atoms with Crippen LogP contribution in [-0.2, 0) is 21.3 Å². The molecule has 0 aliphatic rings. The van der Waals surface area contributed by atoms with Crippen molar-refractivity contribution < 1.29 is 14.1 Å². The molecule has 1 aromatic rings. The van der Waals surface area contributed by atoms with Crippen LogP contribution in [0.5, 0.6) is 0 Å². The minimum Gasteiger partial charge on any atom is -0.467 e. The highest BCUT2D eigenvalue weighted by atomic mass is 79.9. The van der Waals surface area contributed by atoms with Crippen molar-refractivity contribution in [2.24, 2.45) is 0 Å². The zero-order chi connectivity index (χ0) is 8.81. The lowest BCUT2D eigenvalue weighted by Crippen LogP contribution is -1.96. The van der Waals surface area contributed by atoms with Crippen LogP contribution >= 0.6 is 15.9 Å². The molecule has 0 atom stereocenters. The maximum atomic E-state index is 9.78. The summed E-state index contributed by atoms with van der Waals surface area (Å²) in [7, 11) is 0. The Hall–Kier alpha value is -0.840. The summed E-state index contributed by atoms with van der Waals surface area (Å²) in [4.78, 5) is 9.78. The zero-order valence-electron chi connectivity index (χ0n) is 6.33. The van der Waals surface area contributed by atoms with Crippen LogP contribution in [0.25, 0.3) is 0 Å². The average molecular weight is 234 g/mol. The molecule has 0 saturated carbocycles. The molecule has 0 aliphatic heterocycles. The number of alkyl halides is 1. The molecule has 0 aliphatic carbocycles. The molecule has 0 fully saturated rings. The van der Waals surface area contributed by atoms with Gasteiger partial charge >= 0.3 is 0 Å². The maximum absolute atomic E-state index is 9.78. The number of ether oxygens (including phenoxy) is 1. The summed E-state index contributed by atoms with van der Waals surface area (Å²) in [6.45, 7) is 0.767. The second-order valence-corrected chi connectivity index (χ2v) is 2.70. The molecule has 0 amide bonds. The fourth-order valence-electron chi connectivity index (χ4n) is 0.748. The summed E-state index contributed by atoms with van der Waals surface area (Å²) in [5.74, 6) is 0.774. The minimum atomic E-state index is 0.345. The summed E-state index contributed by atoms with van der Waals surface area (Å²) in [5, 5.41) is 4.41. The fourth-order valence-corrected chi connectivity index (χ4v) is 1.01. The molecule has 12 heavy (non-hydrogen) atoms. The molecule has 1 aromatic heterocycles. The normalized spacial score (nSPS) is 9.75. The molecule has 66 valence electrons. The van der Waals surface area contributed by atoms with E-state index in [1.807, 2.05) is 6.07 Å². The molecule has 1 heterocycles. The van der Waals surface area contributed by atoms with Crippen molar-refractivity contribution in [2.45, 2.75) is 11.8 Å². The van der Waals surface area contributed by atoms with E-state index in [9.17, 15) is 4.79 Å². The van der Waals surface area contributed by atoms with E-state index in [1.165, 1.54) is 0 Å². The number of nitrogens with zero attached hydrogens (tertiary/aromatic N) is 1. The number of hydrogen-bond acceptors (Lipinski definition) is 4. The Morgan fingerprint density at radius 1 is 1.75 bits per heavy atom. The van der Waals surface area contributed by atoms with Gasteiger partial charge in [-0.25, -0.2) is 0 Å². The molecule has 4 nitrogen and oxygen atoms in total. The Labute approximate surface area is 78.0 Å². The highest BCUT2D eigenvalue weighted by Gasteiger charge is 2.01. The quantitative estimate of drug-likeness (QED) is 0.437. The van der Waals surface area contributed by atoms with Gasteiger partial charge in [0.15, 0.2) is 0 Å². The van der Waals surface area contributed by atoms with Crippen molar-refractivity contribution in [3.8, 4) is 0 Å². The first-order valence-corrected chi connectivity index (χ1v) is 4.54. The monoisotopic (exact) mass is 233 g/mol. The third-order valence-electron chi connectivity index (χ3n) is 1.28. The standard InChI is InChI=1S/C7H8BrNO3/c8-4-7-3-6(9-12-7)1-2-11-5-10/h3,5H,1-2,4H2. The Morgan fingerprint density at radius 3 is 3.17 bits per heavy atom. The highest BCUT2D eigenvalue weighted by molar-refractivity contribution is 9.08. The van der Waals surface area contributed by atoms with Crippen molar-refractivity contribution >= 4 is 22.4 Å².